The summed E-state index contributed by atoms with van der Waals surface area (Å²) in [7, 11) is 0. The fraction of sp³-hybridized carbons (Fsp3) is 0.533. The van der Waals surface area contributed by atoms with Gasteiger partial charge in [0.15, 0.2) is 5.82 Å². The molecule has 1 aliphatic rings. The molecule has 1 aromatic rings. The molecule has 1 saturated carbocycles. The molecule has 0 spiro atoms. The first-order valence-corrected chi connectivity index (χ1v) is 7.06. The fourth-order valence-electron chi connectivity index (χ4n) is 2.75. The van der Waals surface area contributed by atoms with Crippen LogP contribution in [0.2, 0.25) is 0 Å². The number of hydrogen-bond acceptors (Lipinski definition) is 2. The predicted molar refractivity (Wildman–Crippen MR) is 74.3 cm³/mol. The first kappa shape index (κ1) is 14.8. The number of nitrogens with one attached hydrogen (secondary N) is 1. The van der Waals surface area contributed by atoms with Crippen molar-refractivity contribution >= 4 is 11.6 Å². The Morgan fingerprint density at radius 3 is 2.55 bits per heavy atom. The molecule has 0 saturated heterocycles. The topological polar surface area (TPSA) is 55.1 Å². The predicted octanol–water partition coefficient (Wildman–Crippen LogP) is 3.25. The van der Waals surface area contributed by atoms with Gasteiger partial charge in [0.05, 0.1) is 11.3 Å². The highest BCUT2D eigenvalue weighted by atomic mass is 19.1. The molecular weight excluding hydrogens is 262 g/mol. The van der Waals surface area contributed by atoms with Gasteiger partial charge in [0.25, 0.3) is 5.91 Å². The summed E-state index contributed by atoms with van der Waals surface area (Å²) < 4.78 is 27.0. The van der Waals surface area contributed by atoms with Crippen LogP contribution in [0.4, 0.5) is 14.5 Å². The van der Waals surface area contributed by atoms with E-state index in [1.807, 2.05) is 0 Å². The molecule has 20 heavy (non-hydrogen) atoms. The normalized spacial score (nSPS) is 22.6. The molecule has 1 amide bonds. The molecule has 0 bridgehead atoms. The summed E-state index contributed by atoms with van der Waals surface area (Å²) in [5.74, 6) is -1.44. The lowest BCUT2D eigenvalue weighted by atomic mass is 9.84. The first-order valence-electron chi connectivity index (χ1n) is 7.06. The molecule has 2 rings (SSSR count). The lowest BCUT2D eigenvalue weighted by Gasteiger charge is -2.28. The van der Waals surface area contributed by atoms with E-state index in [1.165, 1.54) is 0 Å². The summed E-state index contributed by atoms with van der Waals surface area (Å²) in [6.07, 6.45) is 5.05. The summed E-state index contributed by atoms with van der Waals surface area (Å²) >= 11 is 0. The SMILES string of the molecule is CCC1CCC(NC(=O)c2cc(F)cc(N)c2F)CC1. The Labute approximate surface area is 117 Å². The van der Waals surface area contributed by atoms with E-state index in [2.05, 4.69) is 12.2 Å². The van der Waals surface area contributed by atoms with Crippen LogP contribution < -0.4 is 11.1 Å². The highest BCUT2D eigenvalue weighted by Gasteiger charge is 2.23. The molecule has 1 aromatic carbocycles. The molecule has 0 unspecified atom stereocenters. The molecule has 5 heteroatoms. The van der Waals surface area contributed by atoms with Crippen molar-refractivity contribution in [3.63, 3.8) is 0 Å². The Balaban J connectivity index is 2.02. The van der Waals surface area contributed by atoms with Gasteiger partial charge in [-0.2, -0.15) is 0 Å². The van der Waals surface area contributed by atoms with Gasteiger partial charge in [-0.1, -0.05) is 13.3 Å². The van der Waals surface area contributed by atoms with Crippen LogP contribution in [0.1, 0.15) is 49.4 Å². The smallest absolute Gasteiger partial charge is 0.254 e. The number of carbonyl (C=O) groups is 1. The Morgan fingerprint density at radius 2 is 1.95 bits per heavy atom. The minimum atomic E-state index is -0.855. The Morgan fingerprint density at radius 1 is 1.30 bits per heavy atom. The second kappa shape index (κ2) is 6.20. The van der Waals surface area contributed by atoms with Gasteiger partial charge >= 0.3 is 0 Å². The van der Waals surface area contributed by atoms with Crippen LogP contribution in [0.25, 0.3) is 0 Å². The molecule has 1 aliphatic carbocycles. The average Bonchev–Trinajstić information content (AvgIpc) is 2.43. The number of rotatable bonds is 3. The van der Waals surface area contributed by atoms with Gasteiger partial charge in [-0.05, 0) is 43.7 Å². The second-order valence-electron chi connectivity index (χ2n) is 5.46. The molecule has 0 aromatic heterocycles. The zero-order valence-electron chi connectivity index (χ0n) is 11.6. The van der Waals surface area contributed by atoms with Crippen LogP contribution >= 0.6 is 0 Å². The summed E-state index contributed by atoms with van der Waals surface area (Å²) in [4.78, 5) is 12.0. The number of nitrogen functional groups attached to an aromatic ring is 1. The summed E-state index contributed by atoms with van der Waals surface area (Å²) in [6, 6.07) is 1.80. The van der Waals surface area contributed by atoms with Gasteiger partial charge in [0.2, 0.25) is 0 Å². The van der Waals surface area contributed by atoms with Crippen LogP contribution in [0, 0.1) is 17.6 Å². The highest BCUT2D eigenvalue weighted by Crippen LogP contribution is 2.27. The van der Waals surface area contributed by atoms with Crippen molar-refractivity contribution in [3.05, 3.63) is 29.3 Å². The van der Waals surface area contributed by atoms with Gasteiger partial charge < -0.3 is 11.1 Å². The third-order valence-electron chi connectivity index (χ3n) is 4.07. The third-order valence-corrected chi connectivity index (χ3v) is 4.07. The molecule has 0 atom stereocenters. The van der Waals surface area contributed by atoms with Gasteiger partial charge in [-0.3, -0.25) is 4.79 Å². The number of hydrogen-bond donors (Lipinski definition) is 2. The maximum atomic E-state index is 13.8. The average molecular weight is 282 g/mol. The molecular formula is C15H20F2N2O. The molecule has 1 fully saturated rings. The zero-order valence-corrected chi connectivity index (χ0v) is 11.6. The van der Waals surface area contributed by atoms with Crippen molar-refractivity contribution in [2.24, 2.45) is 5.92 Å². The van der Waals surface area contributed by atoms with Gasteiger partial charge in [-0.25, -0.2) is 8.78 Å². The van der Waals surface area contributed by atoms with Crippen LogP contribution in [0.5, 0.6) is 0 Å². The van der Waals surface area contributed by atoms with E-state index in [4.69, 9.17) is 5.73 Å². The quantitative estimate of drug-likeness (QED) is 0.836. The van der Waals surface area contributed by atoms with Gasteiger partial charge in [0, 0.05) is 6.04 Å². The molecule has 3 nitrogen and oxygen atoms in total. The zero-order chi connectivity index (χ0) is 14.7. The number of benzene rings is 1. The van der Waals surface area contributed by atoms with Crippen molar-refractivity contribution in [1.29, 1.82) is 0 Å². The number of anilines is 1. The van der Waals surface area contributed by atoms with E-state index in [0.29, 0.717) is 5.92 Å². The maximum absolute atomic E-state index is 13.8. The minimum absolute atomic E-state index is 0.0363. The van der Waals surface area contributed by atoms with E-state index in [-0.39, 0.29) is 17.3 Å². The van der Waals surface area contributed by atoms with Crippen LogP contribution in [0.3, 0.4) is 0 Å². The number of carbonyl (C=O) groups excluding carboxylic acids is 1. The standard InChI is InChI=1S/C15H20F2N2O/c1-2-9-3-5-11(6-4-9)19-15(20)12-7-10(16)8-13(18)14(12)17/h7-9,11H,2-6,18H2,1H3,(H,19,20). The lowest BCUT2D eigenvalue weighted by Crippen LogP contribution is -2.38. The van der Waals surface area contributed by atoms with Crippen LogP contribution in [-0.2, 0) is 0 Å². The number of nitrogens with two attached hydrogens (primary N) is 1. The van der Waals surface area contributed by atoms with Crippen LogP contribution in [0.15, 0.2) is 12.1 Å². The molecule has 0 radical (unpaired) electrons. The lowest BCUT2D eigenvalue weighted by molar-refractivity contribution is 0.0917. The van der Waals surface area contributed by atoms with E-state index in [1.54, 1.807) is 0 Å². The fourth-order valence-corrected chi connectivity index (χ4v) is 2.75. The van der Waals surface area contributed by atoms with Crippen molar-refractivity contribution in [2.45, 2.75) is 45.1 Å². The van der Waals surface area contributed by atoms with Gasteiger partial charge in [0.1, 0.15) is 5.82 Å². The Kier molecular flexibility index (Phi) is 4.57. The largest absolute Gasteiger partial charge is 0.396 e. The number of halogens is 2. The first-order chi connectivity index (χ1) is 9.51. The van der Waals surface area contributed by atoms with Crippen molar-refractivity contribution in [3.8, 4) is 0 Å². The summed E-state index contributed by atoms with van der Waals surface area (Å²) in [5, 5.41) is 2.77. The Bertz CT molecular complexity index is 497. The van der Waals surface area contributed by atoms with Crippen molar-refractivity contribution in [1.82, 2.24) is 5.32 Å². The molecule has 110 valence electrons. The van der Waals surface area contributed by atoms with Crippen molar-refractivity contribution < 1.29 is 13.6 Å². The molecule has 0 aliphatic heterocycles. The third kappa shape index (κ3) is 3.26. The van der Waals surface area contributed by atoms with E-state index in [9.17, 15) is 13.6 Å². The van der Waals surface area contributed by atoms with E-state index >= 15 is 0 Å². The highest BCUT2D eigenvalue weighted by molar-refractivity contribution is 5.95. The Hall–Kier alpha value is -1.65. The number of amides is 1. The van der Waals surface area contributed by atoms with E-state index in [0.717, 1.165) is 44.2 Å². The molecule has 3 N–H and O–H groups in total. The second-order valence-corrected chi connectivity index (χ2v) is 5.46. The van der Waals surface area contributed by atoms with Crippen molar-refractivity contribution in [2.75, 3.05) is 5.73 Å². The minimum Gasteiger partial charge on any atom is -0.396 e. The summed E-state index contributed by atoms with van der Waals surface area (Å²) in [6.45, 7) is 2.16. The summed E-state index contributed by atoms with van der Waals surface area (Å²) in [5.41, 5.74) is 4.67. The maximum Gasteiger partial charge on any atom is 0.254 e. The monoisotopic (exact) mass is 282 g/mol. The van der Waals surface area contributed by atoms with Crippen LogP contribution in [-0.4, -0.2) is 11.9 Å². The molecule has 0 heterocycles. The van der Waals surface area contributed by atoms with E-state index < -0.39 is 17.5 Å². The van der Waals surface area contributed by atoms with Gasteiger partial charge in [-0.15, -0.1) is 0 Å².